The molecule has 1 saturated heterocycles. The first kappa shape index (κ1) is 19.5. The molecule has 5 rings (SSSR count). The molecule has 30 heavy (non-hydrogen) atoms. The third-order valence-electron chi connectivity index (χ3n) is 4.94. The van der Waals surface area contributed by atoms with Crippen LogP contribution in [0.25, 0.3) is 21.4 Å². The number of nitrogen functional groups attached to an aromatic ring is 1. The number of aliphatic hydroxyl groups excluding tert-OH is 2. The third-order valence-corrected chi connectivity index (χ3v) is 7.21. The first-order chi connectivity index (χ1) is 14.5. The van der Waals surface area contributed by atoms with E-state index >= 15 is 0 Å². The molecule has 0 spiro atoms. The summed E-state index contributed by atoms with van der Waals surface area (Å²) in [4.78, 5) is 16.9. The number of imidazole rings is 1. The molecule has 156 valence electrons. The van der Waals surface area contributed by atoms with Crippen LogP contribution in [0, 0.1) is 0 Å². The normalized spacial score (nSPS) is 24.1. The van der Waals surface area contributed by atoms with Crippen LogP contribution in [0.2, 0.25) is 0 Å². The summed E-state index contributed by atoms with van der Waals surface area (Å²) in [6.07, 6.45) is -0.814. The zero-order chi connectivity index (χ0) is 20.8. The number of anilines is 1. The Bertz CT molecular complexity index is 1210. The number of ether oxygens (including phenoxy) is 2. The third kappa shape index (κ3) is 3.26. The lowest BCUT2D eigenvalue weighted by Crippen LogP contribution is -2.32. The molecule has 1 aliphatic rings. The van der Waals surface area contributed by atoms with Crippen molar-refractivity contribution in [1.29, 1.82) is 0 Å². The zero-order valence-electron chi connectivity index (χ0n) is 15.7. The molecule has 4 aromatic rings. The van der Waals surface area contributed by atoms with Crippen LogP contribution < -0.4 is 10.5 Å². The molecule has 4 heterocycles. The molecule has 1 aromatic carbocycles. The van der Waals surface area contributed by atoms with Gasteiger partial charge in [-0.15, -0.1) is 11.3 Å². The summed E-state index contributed by atoms with van der Waals surface area (Å²) in [5.41, 5.74) is 7.54. The van der Waals surface area contributed by atoms with Gasteiger partial charge in [0.25, 0.3) is 0 Å². The van der Waals surface area contributed by atoms with Crippen molar-refractivity contribution in [2.45, 2.75) is 28.9 Å². The quantitative estimate of drug-likeness (QED) is 0.386. The molecule has 1 unspecified atom stereocenters. The molecule has 3 aromatic heterocycles. The number of nitrogens with zero attached hydrogens (tertiary/aromatic N) is 5. The minimum Gasteiger partial charge on any atom is -0.497 e. The van der Waals surface area contributed by atoms with Gasteiger partial charge in [-0.05, 0) is 12.1 Å². The second kappa shape index (κ2) is 7.63. The highest BCUT2D eigenvalue weighted by atomic mass is 32.2. The molecule has 12 heteroatoms. The summed E-state index contributed by atoms with van der Waals surface area (Å²) in [5.74, 6) is 1.42. The van der Waals surface area contributed by atoms with E-state index in [9.17, 15) is 10.2 Å². The summed E-state index contributed by atoms with van der Waals surface area (Å²) < 4.78 is 14.7. The van der Waals surface area contributed by atoms with Crippen molar-refractivity contribution in [2.24, 2.45) is 0 Å². The van der Waals surface area contributed by atoms with E-state index in [-0.39, 0.29) is 5.82 Å². The minimum atomic E-state index is -1.14. The molecule has 0 radical (unpaired) electrons. The molecule has 0 aliphatic carbocycles. The minimum absolute atomic E-state index is 0.242. The Morgan fingerprint density at radius 1 is 1.27 bits per heavy atom. The molecule has 1 aliphatic heterocycles. The fourth-order valence-corrected chi connectivity index (χ4v) is 5.51. The summed E-state index contributed by atoms with van der Waals surface area (Å²) in [5, 5.41) is 21.1. The molecule has 1 fully saturated rings. The number of fused-ring (bicyclic) bond motifs is 2. The standard InChI is InChI=1S/C18H18N6O4S2/c1-27-8-2-3-11-9(4-8)23-18(30-11)29-5-10-13(25)14(26)17(28-10)24-7-22-12-15(19)20-6-21-16(12)24/h2-4,6-7,10,13-14,17,25-26H,5H2,1H3,(H2,19,20,21)/t10-,13-,14-,17?/m1/s1. The average molecular weight is 447 g/mol. The van der Waals surface area contributed by atoms with Crippen molar-refractivity contribution in [2.75, 3.05) is 18.6 Å². The Morgan fingerprint density at radius 3 is 2.97 bits per heavy atom. The monoisotopic (exact) mass is 446 g/mol. The van der Waals surface area contributed by atoms with Crippen LogP contribution in [0.5, 0.6) is 5.75 Å². The highest BCUT2D eigenvalue weighted by molar-refractivity contribution is 8.01. The number of nitrogens with two attached hydrogens (primary N) is 1. The number of thioether (sulfide) groups is 1. The second-order valence-corrected chi connectivity index (χ2v) is 9.05. The maximum absolute atomic E-state index is 10.6. The number of thiazole rings is 1. The van der Waals surface area contributed by atoms with Crippen LogP contribution in [0.3, 0.4) is 0 Å². The summed E-state index contributed by atoms with van der Waals surface area (Å²) >= 11 is 3.02. The number of aromatic nitrogens is 5. The molecule has 0 bridgehead atoms. The Balaban J connectivity index is 1.33. The molecular formula is C18H18N6O4S2. The predicted molar refractivity (Wildman–Crippen MR) is 113 cm³/mol. The van der Waals surface area contributed by atoms with Gasteiger partial charge in [-0.3, -0.25) is 4.57 Å². The topological polar surface area (TPSA) is 141 Å². The molecule has 0 amide bonds. The fraction of sp³-hybridized carbons (Fsp3) is 0.333. The van der Waals surface area contributed by atoms with Crippen LogP contribution >= 0.6 is 23.1 Å². The van der Waals surface area contributed by atoms with Crippen molar-refractivity contribution < 1.29 is 19.7 Å². The number of hydrogen-bond donors (Lipinski definition) is 3. The maximum atomic E-state index is 10.6. The Morgan fingerprint density at radius 2 is 2.13 bits per heavy atom. The van der Waals surface area contributed by atoms with E-state index in [4.69, 9.17) is 15.2 Å². The van der Waals surface area contributed by atoms with Gasteiger partial charge in [-0.1, -0.05) is 11.8 Å². The van der Waals surface area contributed by atoms with Gasteiger partial charge >= 0.3 is 0 Å². The Hall–Kier alpha value is -2.51. The van der Waals surface area contributed by atoms with Crippen LogP contribution in [0.1, 0.15) is 6.23 Å². The van der Waals surface area contributed by atoms with Gasteiger partial charge in [0, 0.05) is 11.8 Å². The number of rotatable bonds is 5. The first-order valence-corrected chi connectivity index (χ1v) is 10.9. The first-order valence-electron chi connectivity index (χ1n) is 9.07. The van der Waals surface area contributed by atoms with E-state index < -0.39 is 24.5 Å². The summed E-state index contributed by atoms with van der Waals surface area (Å²) in [6, 6.07) is 5.74. The molecule has 10 nitrogen and oxygen atoms in total. The fourth-order valence-electron chi connectivity index (χ4n) is 3.38. The van der Waals surface area contributed by atoms with Crippen molar-refractivity contribution in [1.82, 2.24) is 24.5 Å². The van der Waals surface area contributed by atoms with E-state index in [0.717, 1.165) is 20.3 Å². The van der Waals surface area contributed by atoms with Crippen LogP contribution in [0.15, 0.2) is 35.2 Å². The molecular weight excluding hydrogens is 428 g/mol. The zero-order valence-corrected chi connectivity index (χ0v) is 17.4. The van der Waals surface area contributed by atoms with E-state index in [1.54, 1.807) is 23.0 Å². The number of aliphatic hydroxyl groups is 2. The van der Waals surface area contributed by atoms with Gasteiger partial charge in [0.2, 0.25) is 0 Å². The van der Waals surface area contributed by atoms with Crippen LogP contribution in [-0.4, -0.2) is 65.9 Å². The number of methoxy groups -OCH3 is 1. The lowest BCUT2D eigenvalue weighted by atomic mass is 10.1. The van der Waals surface area contributed by atoms with Gasteiger partial charge in [0.1, 0.15) is 29.8 Å². The number of hydrogen-bond acceptors (Lipinski definition) is 11. The maximum Gasteiger partial charge on any atom is 0.167 e. The summed E-state index contributed by atoms with van der Waals surface area (Å²) in [7, 11) is 1.62. The Kier molecular flexibility index (Phi) is 4.95. The van der Waals surface area contributed by atoms with Crippen LogP contribution in [-0.2, 0) is 4.74 Å². The van der Waals surface area contributed by atoms with E-state index in [0.29, 0.717) is 16.9 Å². The van der Waals surface area contributed by atoms with Crippen LogP contribution in [0.4, 0.5) is 5.82 Å². The van der Waals surface area contributed by atoms with E-state index in [2.05, 4.69) is 19.9 Å². The van der Waals surface area contributed by atoms with E-state index in [1.807, 2.05) is 18.2 Å². The van der Waals surface area contributed by atoms with Gasteiger partial charge < -0.3 is 25.4 Å². The van der Waals surface area contributed by atoms with Gasteiger partial charge in [0.15, 0.2) is 22.0 Å². The van der Waals surface area contributed by atoms with E-state index in [1.165, 1.54) is 24.4 Å². The average Bonchev–Trinajstić information content (AvgIpc) is 3.43. The lowest BCUT2D eigenvalue weighted by molar-refractivity contribution is -0.0289. The predicted octanol–water partition coefficient (Wildman–Crippen LogP) is 1.44. The highest BCUT2D eigenvalue weighted by Gasteiger charge is 2.44. The lowest BCUT2D eigenvalue weighted by Gasteiger charge is -2.16. The number of benzene rings is 1. The van der Waals surface area contributed by atoms with Crippen molar-refractivity contribution in [3.63, 3.8) is 0 Å². The highest BCUT2D eigenvalue weighted by Crippen LogP contribution is 2.37. The van der Waals surface area contributed by atoms with Gasteiger partial charge in [-0.2, -0.15) is 0 Å². The SMILES string of the molecule is COc1ccc2sc(SC[C@H]3OC(n4cnc5c(N)ncnc54)[C@H](O)[C@@H]3O)nc2c1. The second-order valence-electron chi connectivity index (χ2n) is 6.75. The van der Waals surface area contributed by atoms with Gasteiger partial charge in [-0.25, -0.2) is 19.9 Å². The van der Waals surface area contributed by atoms with Crippen molar-refractivity contribution in [3.05, 3.63) is 30.9 Å². The summed E-state index contributed by atoms with van der Waals surface area (Å²) in [6.45, 7) is 0. The van der Waals surface area contributed by atoms with Crippen molar-refractivity contribution >= 4 is 50.3 Å². The Labute approximate surface area is 178 Å². The van der Waals surface area contributed by atoms with Gasteiger partial charge in [0.05, 0.1) is 29.8 Å². The van der Waals surface area contributed by atoms with Crippen molar-refractivity contribution in [3.8, 4) is 5.75 Å². The largest absolute Gasteiger partial charge is 0.497 e. The molecule has 4 atom stereocenters. The molecule has 4 N–H and O–H groups in total. The molecule has 0 saturated carbocycles. The smallest absolute Gasteiger partial charge is 0.167 e.